The molecule has 1 aromatic heterocycles. The molecule has 0 saturated carbocycles. The molecule has 0 radical (unpaired) electrons. The Bertz CT molecular complexity index is 713. The lowest BCUT2D eigenvalue weighted by Gasteiger charge is -2.44. The van der Waals surface area contributed by atoms with E-state index in [1.807, 2.05) is 19.2 Å². The number of rotatable bonds is 5. The molecular formula is C21H32N3O2+. The van der Waals surface area contributed by atoms with E-state index in [-0.39, 0.29) is 6.10 Å². The number of nitrogens with one attached hydrogen (secondary N) is 1. The highest BCUT2D eigenvalue weighted by Crippen LogP contribution is 2.31. The molecule has 2 N–H and O–H groups in total. The summed E-state index contributed by atoms with van der Waals surface area (Å²) in [5, 5.41) is 11.2. The second-order valence-electron chi connectivity index (χ2n) is 8.15. The molecule has 0 unspecified atom stereocenters. The zero-order valence-electron chi connectivity index (χ0n) is 15.9. The minimum Gasteiger partial charge on any atom is -0.387 e. The molecule has 0 bridgehead atoms. The van der Waals surface area contributed by atoms with Crippen molar-refractivity contribution in [1.82, 2.24) is 9.88 Å². The molecule has 3 heterocycles. The number of aromatic amines is 1. The van der Waals surface area contributed by atoms with Crippen LogP contribution in [0.5, 0.6) is 5.75 Å². The first-order valence-corrected chi connectivity index (χ1v) is 10.2. The van der Waals surface area contributed by atoms with Crippen molar-refractivity contribution in [3.63, 3.8) is 0 Å². The van der Waals surface area contributed by atoms with E-state index in [0.717, 1.165) is 42.6 Å². The zero-order chi connectivity index (χ0) is 18.0. The molecule has 26 heavy (non-hydrogen) atoms. The SMILES string of the molecule is C[C@H](O)C[N+]1(Oc2cccc3[nH]ccc23)CCC(N2CCCCC2)CC1. The Morgan fingerprint density at radius 2 is 1.96 bits per heavy atom. The van der Waals surface area contributed by atoms with Gasteiger partial charge in [0.15, 0.2) is 5.75 Å². The summed E-state index contributed by atoms with van der Waals surface area (Å²) in [4.78, 5) is 12.5. The fourth-order valence-corrected chi connectivity index (χ4v) is 4.81. The van der Waals surface area contributed by atoms with E-state index in [2.05, 4.69) is 28.1 Å². The highest BCUT2D eigenvalue weighted by molar-refractivity contribution is 5.85. The molecule has 0 aliphatic carbocycles. The van der Waals surface area contributed by atoms with E-state index in [1.54, 1.807) is 0 Å². The quantitative estimate of drug-likeness (QED) is 0.806. The van der Waals surface area contributed by atoms with Crippen LogP contribution in [0.15, 0.2) is 30.5 Å². The highest BCUT2D eigenvalue weighted by atomic mass is 16.7. The normalized spacial score (nSPS) is 28.9. The number of aliphatic hydroxyl groups is 1. The summed E-state index contributed by atoms with van der Waals surface area (Å²) in [5.41, 5.74) is 1.10. The molecule has 2 aromatic rings. The highest BCUT2D eigenvalue weighted by Gasteiger charge is 2.40. The molecule has 2 saturated heterocycles. The van der Waals surface area contributed by atoms with Crippen LogP contribution in [0.2, 0.25) is 0 Å². The molecule has 142 valence electrons. The van der Waals surface area contributed by atoms with Gasteiger partial charge in [-0.1, -0.05) is 12.5 Å². The van der Waals surface area contributed by atoms with Crippen LogP contribution in [0.1, 0.15) is 39.0 Å². The summed E-state index contributed by atoms with van der Waals surface area (Å²) in [6.45, 7) is 6.96. The van der Waals surface area contributed by atoms with Crippen molar-refractivity contribution in [3.05, 3.63) is 30.5 Å². The Morgan fingerprint density at radius 1 is 1.19 bits per heavy atom. The molecule has 5 heteroatoms. The Hall–Kier alpha value is -1.56. The van der Waals surface area contributed by atoms with Crippen LogP contribution in [-0.4, -0.2) is 64.5 Å². The summed E-state index contributed by atoms with van der Waals surface area (Å²) in [7, 11) is 0. The van der Waals surface area contributed by atoms with Gasteiger partial charge in [0.2, 0.25) is 0 Å². The number of benzene rings is 1. The van der Waals surface area contributed by atoms with Gasteiger partial charge in [-0.05, 0) is 51.1 Å². The number of quaternary nitrogens is 1. The fraction of sp³-hybridized carbons (Fsp3) is 0.619. The summed E-state index contributed by atoms with van der Waals surface area (Å²) in [6.07, 6.45) is 7.96. The van der Waals surface area contributed by atoms with Gasteiger partial charge in [-0.3, -0.25) is 4.90 Å². The van der Waals surface area contributed by atoms with Crippen molar-refractivity contribution >= 4 is 10.9 Å². The number of aliphatic hydroxyl groups excluding tert-OH is 1. The van der Waals surface area contributed by atoms with Gasteiger partial charge in [0.1, 0.15) is 25.7 Å². The van der Waals surface area contributed by atoms with Gasteiger partial charge in [-0.2, -0.15) is 0 Å². The maximum Gasteiger partial charge on any atom is 0.199 e. The first-order valence-electron chi connectivity index (χ1n) is 10.2. The lowest BCUT2D eigenvalue weighted by molar-refractivity contribution is -1.08. The number of piperidine rings is 2. The van der Waals surface area contributed by atoms with Crippen LogP contribution in [-0.2, 0) is 0 Å². The molecule has 1 atom stereocenters. The van der Waals surface area contributed by atoms with Gasteiger partial charge in [-0.15, -0.1) is 4.65 Å². The Labute approximate surface area is 156 Å². The smallest absolute Gasteiger partial charge is 0.199 e. The number of hydrogen-bond acceptors (Lipinski definition) is 3. The monoisotopic (exact) mass is 358 g/mol. The van der Waals surface area contributed by atoms with E-state index in [9.17, 15) is 5.11 Å². The van der Waals surface area contributed by atoms with Crippen LogP contribution in [0.3, 0.4) is 0 Å². The largest absolute Gasteiger partial charge is 0.387 e. The maximum absolute atomic E-state index is 10.1. The third-order valence-corrected chi connectivity index (χ3v) is 6.09. The maximum atomic E-state index is 10.1. The zero-order valence-corrected chi connectivity index (χ0v) is 15.9. The minimum atomic E-state index is -0.369. The van der Waals surface area contributed by atoms with Crippen molar-refractivity contribution in [1.29, 1.82) is 0 Å². The number of hydroxylamine groups is 3. The van der Waals surface area contributed by atoms with Crippen molar-refractivity contribution in [2.45, 2.75) is 51.2 Å². The van der Waals surface area contributed by atoms with E-state index in [4.69, 9.17) is 4.84 Å². The molecule has 2 aliphatic rings. The number of hydrogen-bond donors (Lipinski definition) is 2. The van der Waals surface area contributed by atoms with Gasteiger partial charge < -0.3 is 14.9 Å². The van der Waals surface area contributed by atoms with E-state index >= 15 is 0 Å². The number of nitrogens with zero attached hydrogens (tertiary/aromatic N) is 2. The molecule has 2 aliphatic heterocycles. The summed E-state index contributed by atoms with van der Waals surface area (Å²) in [5.74, 6) is 0.917. The number of aromatic nitrogens is 1. The van der Waals surface area contributed by atoms with Crippen molar-refractivity contribution in [2.24, 2.45) is 0 Å². The average Bonchev–Trinajstić information content (AvgIpc) is 3.12. The van der Waals surface area contributed by atoms with Gasteiger partial charge in [0.05, 0.1) is 0 Å². The van der Waals surface area contributed by atoms with Gasteiger partial charge in [0, 0.05) is 36.0 Å². The molecule has 0 amide bonds. The Morgan fingerprint density at radius 3 is 2.69 bits per heavy atom. The van der Waals surface area contributed by atoms with Crippen molar-refractivity contribution in [2.75, 3.05) is 32.7 Å². The first-order chi connectivity index (χ1) is 12.7. The van der Waals surface area contributed by atoms with Crippen LogP contribution in [0, 0.1) is 0 Å². The summed E-state index contributed by atoms with van der Waals surface area (Å²) < 4.78 is 0.534. The molecule has 2 fully saturated rings. The fourth-order valence-electron chi connectivity index (χ4n) is 4.81. The van der Waals surface area contributed by atoms with E-state index < -0.39 is 0 Å². The van der Waals surface area contributed by atoms with Gasteiger partial charge in [-0.25, -0.2) is 0 Å². The third kappa shape index (κ3) is 3.75. The van der Waals surface area contributed by atoms with Crippen LogP contribution in [0.25, 0.3) is 10.9 Å². The van der Waals surface area contributed by atoms with E-state index in [1.165, 1.54) is 32.4 Å². The summed E-state index contributed by atoms with van der Waals surface area (Å²) >= 11 is 0. The molecule has 0 spiro atoms. The second kappa shape index (κ2) is 7.59. The molecular weight excluding hydrogens is 326 g/mol. The van der Waals surface area contributed by atoms with E-state index in [0.29, 0.717) is 17.2 Å². The van der Waals surface area contributed by atoms with Crippen molar-refractivity contribution < 1.29 is 14.6 Å². The Kier molecular flexibility index (Phi) is 5.20. The Balaban J connectivity index is 1.50. The lowest BCUT2D eigenvalue weighted by atomic mass is 9.99. The number of likely N-dealkylation sites (tertiary alicyclic amines) is 2. The first kappa shape index (κ1) is 17.8. The molecule has 4 rings (SSSR count). The van der Waals surface area contributed by atoms with Crippen LogP contribution in [0.4, 0.5) is 0 Å². The van der Waals surface area contributed by atoms with Crippen molar-refractivity contribution in [3.8, 4) is 5.75 Å². The van der Waals surface area contributed by atoms with Crippen LogP contribution >= 0.6 is 0 Å². The van der Waals surface area contributed by atoms with Gasteiger partial charge in [0.25, 0.3) is 0 Å². The third-order valence-electron chi connectivity index (χ3n) is 6.09. The summed E-state index contributed by atoms with van der Waals surface area (Å²) in [6, 6.07) is 8.92. The number of fused-ring (bicyclic) bond motifs is 1. The molecule has 5 nitrogen and oxygen atoms in total. The average molecular weight is 359 g/mol. The topological polar surface area (TPSA) is 48.5 Å². The molecule has 1 aromatic carbocycles. The predicted octanol–water partition coefficient (Wildman–Crippen LogP) is 3.31. The minimum absolute atomic E-state index is 0.369. The standard InChI is InChI=1S/C21H32N3O2/c1-17(25)16-24(26-21-7-5-6-20-19(21)8-11-22-20)14-9-18(10-15-24)23-12-3-2-4-13-23/h5-8,11,17-18,22,25H,2-4,9-10,12-16H2,1H3/q+1/t17-,18?,24?/m0/s1. The second-order valence-corrected chi connectivity index (χ2v) is 8.15. The lowest BCUT2D eigenvalue weighted by Crippen LogP contribution is -2.61. The van der Waals surface area contributed by atoms with Gasteiger partial charge >= 0.3 is 0 Å². The van der Waals surface area contributed by atoms with Crippen LogP contribution < -0.4 is 4.84 Å². The predicted molar refractivity (Wildman–Crippen MR) is 104 cm³/mol. The number of H-pyrrole nitrogens is 1.